The second-order valence-corrected chi connectivity index (χ2v) is 8.44. The van der Waals surface area contributed by atoms with Gasteiger partial charge in [0.15, 0.2) is 0 Å². The number of halogens is 4. The molecule has 0 saturated heterocycles. The lowest BCUT2D eigenvalue weighted by atomic mass is 10.2. The first-order valence-corrected chi connectivity index (χ1v) is 9.66. The van der Waals surface area contributed by atoms with Crippen molar-refractivity contribution in [3.8, 4) is 0 Å². The van der Waals surface area contributed by atoms with E-state index in [1.165, 1.54) is 44.4 Å². The van der Waals surface area contributed by atoms with Crippen LogP contribution in [0.3, 0.4) is 0 Å². The average Bonchev–Trinajstić information content (AvgIpc) is 2.60. The van der Waals surface area contributed by atoms with E-state index in [2.05, 4.69) is 10.6 Å². The van der Waals surface area contributed by atoms with E-state index in [4.69, 9.17) is 11.6 Å². The lowest BCUT2D eigenvalue weighted by Gasteiger charge is -2.15. The summed E-state index contributed by atoms with van der Waals surface area (Å²) in [6, 6.07) is 8.35. The maximum Gasteiger partial charge on any atom is 0.416 e. The van der Waals surface area contributed by atoms with Crippen LogP contribution in [-0.2, 0) is 21.0 Å². The van der Waals surface area contributed by atoms with Crippen LogP contribution in [-0.4, -0.2) is 39.3 Å². The molecular formula is C17H17ClF3N3O3S. The van der Waals surface area contributed by atoms with Crippen LogP contribution in [0.1, 0.15) is 5.56 Å². The lowest BCUT2D eigenvalue weighted by molar-refractivity contribution is -0.137. The molecule has 0 aliphatic heterocycles. The Hall–Kier alpha value is -2.30. The van der Waals surface area contributed by atoms with Gasteiger partial charge in [-0.05, 0) is 36.4 Å². The number of hydrogen-bond donors (Lipinski definition) is 2. The predicted molar refractivity (Wildman–Crippen MR) is 101 cm³/mol. The molecule has 0 aliphatic carbocycles. The van der Waals surface area contributed by atoms with Gasteiger partial charge in [-0.15, -0.1) is 0 Å². The fourth-order valence-corrected chi connectivity index (χ4v) is 3.56. The topological polar surface area (TPSA) is 78.5 Å². The van der Waals surface area contributed by atoms with Gasteiger partial charge in [-0.3, -0.25) is 4.79 Å². The van der Waals surface area contributed by atoms with Crippen LogP contribution in [0.5, 0.6) is 0 Å². The summed E-state index contributed by atoms with van der Waals surface area (Å²) in [6.45, 7) is -0.292. The van der Waals surface area contributed by atoms with Crippen molar-refractivity contribution in [1.29, 1.82) is 0 Å². The van der Waals surface area contributed by atoms with Crippen molar-refractivity contribution >= 4 is 38.9 Å². The Labute approximate surface area is 165 Å². The summed E-state index contributed by atoms with van der Waals surface area (Å²) >= 11 is 5.94. The van der Waals surface area contributed by atoms with E-state index < -0.39 is 27.7 Å². The minimum absolute atomic E-state index is 0.00592. The highest BCUT2D eigenvalue weighted by Gasteiger charge is 2.30. The molecule has 1 amide bonds. The monoisotopic (exact) mass is 435 g/mol. The fraction of sp³-hybridized carbons (Fsp3) is 0.235. The van der Waals surface area contributed by atoms with Crippen LogP contribution in [0.25, 0.3) is 0 Å². The smallest absolute Gasteiger partial charge is 0.376 e. The number of benzene rings is 2. The maximum atomic E-state index is 12.7. The summed E-state index contributed by atoms with van der Waals surface area (Å²) < 4.78 is 63.6. The molecule has 0 spiro atoms. The van der Waals surface area contributed by atoms with Crippen molar-refractivity contribution < 1.29 is 26.4 Å². The largest absolute Gasteiger partial charge is 0.416 e. The number of sulfonamides is 1. The molecule has 2 aromatic carbocycles. The second kappa shape index (κ2) is 8.38. The number of carbonyl (C=O) groups is 1. The van der Waals surface area contributed by atoms with E-state index in [1.807, 2.05) is 0 Å². The van der Waals surface area contributed by atoms with Crippen molar-refractivity contribution in [2.24, 2.45) is 0 Å². The fourth-order valence-electron chi connectivity index (χ4n) is 2.17. The van der Waals surface area contributed by atoms with Crippen LogP contribution in [0.15, 0.2) is 47.4 Å². The molecule has 11 heteroatoms. The predicted octanol–water partition coefficient (Wildman–Crippen LogP) is 3.66. The Bertz CT molecular complexity index is 979. The van der Waals surface area contributed by atoms with Crippen LogP contribution in [0, 0.1) is 0 Å². The zero-order chi connectivity index (χ0) is 21.1. The minimum atomic E-state index is -4.52. The molecule has 0 bridgehead atoms. The second-order valence-electron chi connectivity index (χ2n) is 5.91. The van der Waals surface area contributed by atoms with Gasteiger partial charge in [-0.2, -0.15) is 13.2 Å². The third-order valence-electron chi connectivity index (χ3n) is 3.62. The zero-order valence-electron chi connectivity index (χ0n) is 14.8. The standard InChI is InChI=1S/C17H17ClF3N3O3S/c1-24(2)28(26,27)15-9-12(6-7-14(15)18)22-10-16(25)23-13-5-3-4-11(8-13)17(19,20)21/h3-9,22H,10H2,1-2H3,(H,23,25). The lowest BCUT2D eigenvalue weighted by Crippen LogP contribution is -2.24. The molecule has 152 valence electrons. The molecule has 0 saturated carbocycles. The third-order valence-corrected chi connectivity index (χ3v) is 5.91. The molecule has 0 fully saturated rings. The molecule has 6 nitrogen and oxygen atoms in total. The SMILES string of the molecule is CN(C)S(=O)(=O)c1cc(NCC(=O)Nc2cccc(C(F)(F)F)c2)ccc1Cl. The molecule has 0 unspecified atom stereocenters. The average molecular weight is 436 g/mol. The van der Waals surface area contributed by atoms with Gasteiger partial charge in [0.2, 0.25) is 15.9 Å². The highest BCUT2D eigenvalue weighted by atomic mass is 35.5. The summed E-state index contributed by atoms with van der Waals surface area (Å²) in [5.74, 6) is -0.605. The van der Waals surface area contributed by atoms with Gasteiger partial charge in [-0.25, -0.2) is 12.7 Å². The number of alkyl halides is 3. The van der Waals surface area contributed by atoms with E-state index in [9.17, 15) is 26.4 Å². The number of anilines is 2. The summed E-state index contributed by atoms with van der Waals surface area (Å²) in [5.41, 5.74) is -0.577. The Morgan fingerprint density at radius 2 is 1.79 bits per heavy atom. The molecule has 2 rings (SSSR count). The third kappa shape index (κ3) is 5.37. The summed E-state index contributed by atoms with van der Waals surface area (Å²) in [4.78, 5) is 11.9. The van der Waals surface area contributed by atoms with Crippen LogP contribution in [0.2, 0.25) is 5.02 Å². The van der Waals surface area contributed by atoms with Gasteiger partial charge < -0.3 is 10.6 Å². The molecule has 0 aliphatic rings. The maximum absolute atomic E-state index is 12.7. The number of nitrogens with one attached hydrogen (secondary N) is 2. The first kappa shape index (κ1) is 22.0. The molecule has 0 aromatic heterocycles. The molecule has 2 N–H and O–H groups in total. The van der Waals surface area contributed by atoms with Gasteiger partial charge in [-0.1, -0.05) is 17.7 Å². The normalized spacial score (nSPS) is 12.1. The summed E-state index contributed by atoms with van der Waals surface area (Å²) in [6.07, 6.45) is -4.52. The van der Waals surface area contributed by atoms with E-state index in [-0.39, 0.29) is 22.2 Å². The Morgan fingerprint density at radius 1 is 1.11 bits per heavy atom. The van der Waals surface area contributed by atoms with Crippen molar-refractivity contribution in [1.82, 2.24) is 4.31 Å². The van der Waals surface area contributed by atoms with E-state index >= 15 is 0 Å². The van der Waals surface area contributed by atoms with Crippen molar-refractivity contribution in [2.75, 3.05) is 31.3 Å². The van der Waals surface area contributed by atoms with Gasteiger partial charge in [0.1, 0.15) is 4.90 Å². The van der Waals surface area contributed by atoms with Crippen LogP contribution < -0.4 is 10.6 Å². The number of nitrogens with zero attached hydrogens (tertiary/aromatic N) is 1. The highest BCUT2D eigenvalue weighted by molar-refractivity contribution is 7.89. The van der Waals surface area contributed by atoms with E-state index in [0.29, 0.717) is 5.69 Å². The number of carbonyl (C=O) groups excluding carboxylic acids is 1. The quantitative estimate of drug-likeness (QED) is 0.725. The summed E-state index contributed by atoms with van der Waals surface area (Å²) in [7, 11) is -1.07. The van der Waals surface area contributed by atoms with Crippen molar-refractivity contribution in [3.05, 3.63) is 53.1 Å². The molecule has 0 radical (unpaired) electrons. The molecule has 0 atom stereocenters. The highest BCUT2D eigenvalue weighted by Crippen LogP contribution is 2.30. The number of hydrogen-bond acceptors (Lipinski definition) is 4. The Balaban J connectivity index is 2.08. The number of rotatable bonds is 6. The van der Waals surface area contributed by atoms with Crippen molar-refractivity contribution in [2.45, 2.75) is 11.1 Å². The molecule has 2 aromatic rings. The van der Waals surface area contributed by atoms with E-state index in [0.717, 1.165) is 16.4 Å². The molecule has 0 heterocycles. The first-order chi connectivity index (χ1) is 12.9. The van der Waals surface area contributed by atoms with Gasteiger partial charge >= 0.3 is 6.18 Å². The number of amides is 1. The Kier molecular flexibility index (Phi) is 6.58. The van der Waals surface area contributed by atoms with Crippen LogP contribution >= 0.6 is 11.6 Å². The molecular weight excluding hydrogens is 419 g/mol. The first-order valence-electron chi connectivity index (χ1n) is 7.84. The van der Waals surface area contributed by atoms with Crippen LogP contribution in [0.4, 0.5) is 24.5 Å². The van der Waals surface area contributed by atoms with Crippen molar-refractivity contribution in [3.63, 3.8) is 0 Å². The van der Waals surface area contributed by atoms with Gasteiger partial charge in [0, 0.05) is 25.5 Å². The van der Waals surface area contributed by atoms with Gasteiger partial charge in [0.05, 0.1) is 17.1 Å². The Morgan fingerprint density at radius 3 is 2.39 bits per heavy atom. The van der Waals surface area contributed by atoms with E-state index in [1.54, 1.807) is 0 Å². The minimum Gasteiger partial charge on any atom is -0.376 e. The summed E-state index contributed by atoms with van der Waals surface area (Å²) in [5, 5.41) is 5.08. The molecule has 28 heavy (non-hydrogen) atoms. The zero-order valence-corrected chi connectivity index (χ0v) is 16.4. The van der Waals surface area contributed by atoms with Gasteiger partial charge in [0.25, 0.3) is 0 Å².